The second kappa shape index (κ2) is 4.46. The summed E-state index contributed by atoms with van der Waals surface area (Å²) in [4.78, 5) is 0. The van der Waals surface area contributed by atoms with Crippen molar-refractivity contribution in [1.29, 1.82) is 0 Å². The molecule has 6 heteroatoms. The second-order valence-electron chi connectivity index (χ2n) is 2.89. The molecule has 1 aromatic carbocycles. The van der Waals surface area contributed by atoms with Crippen LogP contribution >= 0.6 is 0 Å². The summed E-state index contributed by atoms with van der Waals surface area (Å²) in [5.74, 6) is -1.81. The lowest BCUT2D eigenvalue weighted by Crippen LogP contribution is -2.15. The molecule has 0 aliphatic rings. The molecule has 0 amide bonds. The molecule has 0 aromatic heterocycles. The molecule has 1 N–H and O–H groups in total. The number of benzene rings is 1. The Morgan fingerprint density at radius 3 is 2.07 bits per heavy atom. The zero-order valence-corrected chi connectivity index (χ0v) is 7.54. The van der Waals surface area contributed by atoms with Gasteiger partial charge in [0.1, 0.15) is 17.3 Å². The Labute approximate surface area is 82.9 Å². The smallest absolute Gasteiger partial charge is 0.380 e. The van der Waals surface area contributed by atoms with E-state index < -0.39 is 36.5 Å². The Hall–Kier alpha value is -1.33. The topological polar surface area (TPSA) is 12.0 Å². The molecule has 0 radical (unpaired) electrons. The van der Waals surface area contributed by atoms with Crippen molar-refractivity contribution in [1.82, 2.24) is 0 Å². The van der Waals surface area contributed by atoms with Crippen LogP contribution in [0.15, 0.2) is 18.2 Å². The molecule has 0 unspecified atom stereocenters. The highest BCUT2D eigenvalue weighted by Crippen LogP contribution is 2.21. The largest absolute Gasteiger partial charge is 0.390 e. The summed E-state index contributed by atoms with van der Waals surface area (Å²) in [7, 11) is 0. The molecule has 1 aromatic rings. The number of hydrogen-bond acceptors (Lipinski definition) is 1. The number of nitrogens with one attached hydrogen (secondary N) is 1. The fourth-order valence-corrected chi connectivity index (χ4v) is 0.996. The fourth-order valence-electron chi connectivity index (χ4n) is 0.996. The van der Waals surface area contributed by atoms with Crippen molar-refractivity contribution in [3.63, 3.8) is 0 Å². The first-order valence-corrected chi connectivity index (χ1v) is 4.15. The van der Waals surface area contributed by atoms with Gasteiger partial charge in [0, 0.05) is 6.54 Å². The van der Waals surface area contributed by atoms with E-state index in [9.17, 15) is 22.0 Å². The molecule has 1 nitrogen and oxygen atoms in total. The van der Waals surface area contributed by atoms with Crippen LogP contribution in [0.4, 0.5) is 27.6 Å². The summed E-state index contributed by atoms with van der Waals surface area (Å²) in [5, 5.41) is 2.07. The number of alkyl halides is 3. The lowest BCUT2D eigenvalue weighted by Gasteiger charge is -2.10. The zero-order chi connectivity index (χ0) is 11.5. The molecule has 0 spiro atoms. The van der Waals surface area contributed by atoms with Gasteiger partial charge in [-0.2, -0.15) is 13.2 Å². The van der Waals surface area contributed by atoms with E-state index in [1.807, 2.05) is 0 Å². The van der Waals surface area contributed by atoms with Crippen LogP contribution in [0.5, 0.6) is 0 Å². The molecule has 1 rings (SSSR count). The number of rotatable bonds is 3. The number of halogens is 5. The van der Waals surface area contributed by atoms with Gasteiger partial charge >= 0.3 is 6.18 Å². The van der Waals surface area contributed by atoms with Gasteiger partial charge in [0.2, 0.25) is 0 Å². The molecule has 0 saturated heterocycles. The first-order chi connectivity index (χ1) is 6.90. The maximum atomic E-state index is 12.9. The normalized spacial score (nSPS) is 11.5. The van der Waals surface area contributed by atoms with Gasteiger partial charge in [0.15, 0.2) is 0 Å². The van der Waals surface area contributed by atoms with Gasteiger partial charge in [-0.1, -0.05) is 6.07 Å². The van der Waals surface area contributed by atoms with Crippen LogP contribution in [0.3, 0.4) is 0 Å². The molecule has 84 valence electrons. The zero-order valence-electron chi connectivity index (χ0n) is 7.54. The fraction of sp³-hybridized carbons (Fsp3) is 0.333. The van der Waals surface area contributed by atoms with Gasteiger partial charge < -0.3 is 5.32 Å². The van der Waals surface area contributed by atoms with Crippen LogP contribution in [-0.4, -0.2) is 12.7 Å². The summed E-state index contributed by atoms with van der Waals surface area (Å²) in [5.41, 5.74) is -0.526. The van der Waals surface area contributed by atoms with Crippen LogP contribution in [0.25, 0.3) is 0 Å². The van der Waals surface area contributed by atoms with Crippen molar-refractivity contribution in [3.8, 4) is 0 Å². The summed E-state index contributed by atoms with van der Waals surface area (Å²) in [6, 6.07) is 3.08. The summed E-state index contributed by atoms with van der Waals surface area (Å²) in [6.45, 7) is -0.554. The van der Waals surface area contributed by atoms with Crippen LogP contribution in [-0.2, 0) is 0 Å². The quantitative estimate of drug-likeness (QED) is 0.778. The van der Waals surface area contributed by atoms with Gasteiger partial charge in [0.25, 0.3) is 0 Å². The van der Waals surface area contributed by atoms with Crippen LogP contribution < -0.4 is 5.32 Å². The second-order valence-corrected chi connectivity index (χ2v) is 2.89. The molecule has 0 aliphatic carbocycles. The molecular formula is C9H8F5N. The summed E-state index contributed by atoms with van der Waals surface area (Å²) < 4.78 is 61.0. The minimum absolute atomic E-state index is 0.526. The highest BCUT2D eigenvalue weighted by molar-refractivity contribution is 5.45. The number of anilines is 1. The van der Waals surface area contributed by atoms with Crippen LogP contribution in [0.1, 0.15) is 6.42 Å². The molecule has 15 heavy (non-hydrogen) atoms. The van der Waals surface area contributed by atoms with Gasteiger partial charge in [0.05, 0.1) is 6.42 Å². The van der Waals surface area contributed by atoms with Crippen molar-refractivity contribution in [2.45, 2.75) is 12.6 Å². The Morgan fingerprint density at radius 1 is 1.07 bits per heavy atom. The monoisotopic (exact) mass is 225 g/mol. The minimum Gasteiger partial charge on any atom is -0.380 e. The highest BCUT2D eigenvalue weighted by Gasteiger charge is 2.26. The van der Waals surface area contributed by atoms with E-state index in [0.29, 0.717) is 0 Å². The van der Waals surface area contributed by atoms with Gasteiger partial charge in [-0.05, 0) is 12.1 Å². The Bertz CT molecular complexity index is 314. The lowest BCUT2D eigenvalue weighted by molar-refractivity contribution is -0.131. The van der Waals surface area contributed by atoms with Crippen molar-refractivity contribution in [3.05, 3.63) is 29.8 Å². The predicted octanol–water partition coefficient (Wildman–Crippen LogP) is 3.33. The average Bonchev–Trinajstić information content (AvgIpc) is 2.08. The van der Waals surface area contributed by atoms with E-state index >= 15 is 0 Å². The lowest BCUT2D eigenvalue weighted by atomic mass is 10.3. The maximum Gasteiger partial charge on any atom is 0.390 e. The maximum absolute atomic E-state index is 12.9. The van der Waals surface area contributed by atoms with Gasteiger partial charge in [-0.3, -0.25) is 0 Å². The van der Waals surface area contributed by atoms with Crippen molar-refractivity contribution in [2.24, 2.45) is 0 Å². The third kappa shape index (κ3) is 3.73. The highest BCUT2D eigenvalue weighted by atomic mass is 19.4. The molecule has 0 heterocycles. The van der Waals surface area contributed by atoms with E-state index in [1.165, 1.54) is 0 Å². The van der Waals surface area contributed by atoms with E-state index in [1.54, 1.807) is 0 Å². The third-order valence-electron chi connectivity index (χ3n) is 1.67. The molecule has 0 fully saturated rings. The first kappa shape index (κ1) is 11.7. The summed E-state index contributed by atoms with van der Waals surface area (Å²) in [6.07, 6.45) is -5.48. The average molecular weight is 225 g/mol. The van der Waals surface area contributed by atoms with Gasteiger partial charge in [-0.15, -0.1) is 0 Å². The third-order valence-corrected chi connectivity index (χ3v) is 1.67. The Kier molecular flexibility index (Phi) is 3.49. The van der Waals surface area contributed by atoms with Crippen LogP contribution in [0, 0.1) is 11.6 Å². The number of para-hydroxylation sites is 1. The standard InChI is InChI=1S/C9H8F5N/c10-6-2-1-3-7(11)8(6)15-5-4-9(12,13)14/h1-3,15H,4-5H2. The van der Waals surface area contributed by atoms with Crippen LogP contribution in [0.2, 0.25) is 0 Å². The first-order valence-electron chi connectivity index (χ1n) is 4.15. The van der Waals surface area contributed by atoms with E-state index in [4.69, 9.17) is 0 Å². The molecule has 0 atom stereocenters. The van der Waals surface area contributed by atoms with E-state index in [2.05, 4.69) is 5.32 Å². The molecule has 0 aliphatic heterocycles. The molecule has 0 saturated carbocycles. The molecule has 0 bridgehead atoms. The van der Waals surface area contributed by atoms with Gasteiger partial charge in [-0.25, -0.2) is 8.78 Å². The van der Waals surface area contributed by atoms with Crippen molar-refractivity contribution < 1.29 is 22.0 Å². The minimum atomic E-state index is -4.34. The predicted molar refractivity (Wildman–Crippen MR) is 45.5 cm³/mol. The number of hydrogen-bond donors (Lipinski definition) is 1. The summed E-state index contributed by atoms with van der Waals surface area (Å²) >= 11 is 0. The van der Waals surface area contributed by atoms with E-state index in [0.717, 1.165) is 18.2 Å². The SMILES string of the molecule is Fc1cccc(F)c1NCCC(F)(F)F. The Morgan fingerprint density at radius 2 is 1.60 bits per heavy atom. The van der Waals surface area contributed by atoms with Crippen molar-refractivity contribution >= 4 is 5.69 Å². The Balaban J connectivity index is 2.58. The molecular weight excluding hydrogens is 217 g/mol. The van der Waals surface area contributed by atoms with E-state index in [-0.39, 0.29) is 0 Å². The van der Waals surface area contributed by atoms with Crippen molar-refractivity contribution in [2.75, 3.05) is 11.9 Å².